The number of nitrogens with two attached hydrogens (primary N) is 1. The van der Waals surface area contributed by atoms with Gasteiger partial charge in [-0.1, -0.05) is 0 Å². The van der Waals surface area contributed by atoms with Gasteiger partial charge in [0.2, 0.25) is 0 Å². The molecular weight excluding hydrogens is 333 g/mol. The number of alkyl halides is 1. The molecular formula is C15H20FN5O2S. The number of rotatable bonds is 6. The van der Waals surface area contributed by atoms with Crippen molar-refractivity contribution in [2.75, 3.05) is 6.54 Å². The van der Waals surface area contributed by atoms with Gasteiger partial charge < -0.3 is 21.1 Å². The Morgan fingerprint density at radius 1 is 1.54 bits per heavy atom. The first-order valence-electron chi connectivity index (χ1n) is 7.75. The molecule has 0 bridgehead atoms. The summed E-state index contributed by atoms with van der Waals surface area (Å²) in [6.07, 6.45) is 0.164. The first-order chi connectivity index (χ1) is 11.6. The van der Waals surface area contributed by atoms with E-state index in [1.165, 1.54) is 11.3 Å². The average molecular weight is 353 g/mol. The Hall–Kier alpha value is -1.81. The molecule has 6 N–H and O–H groups in total. The van der Waals surface area contributed by atoms with Gasteiger partial charge >= 0.3 is 0 Å². The summed E-state index contributed by atoms with van der Waals surface area (Å²) < 4.78 is 13.2. The standard InChI is InChI=1S/C15H20FN5O2S/c16-13-4-3-10(20-13)9-1-2-11(19-9)14(23)21-12(5-17)15-18-8(6-22)7-24-15/h1-2,7,10,12-13,19-20,22H,3-6,17H2,(H,21,23). The molecule has 1 amide bonds. The van der Waals surface area contributed by atoms with E-state index in [1.807, 2.05) is 0 Å². The van der Waals surface area contributed by atoms with Crippen LogP contribution in [0.5, 0.6) is 0 Å². The lowest BCUT2D eigenvalue weighted by molar-refractivity contribution is 0.0933. The number of nitrogens with zero attached hydrogens (tertiary/aromatic N) is 1. The van der Waals surface area contributed by atoms with Crippen molar-refractivity contribution in [3.63, 3.8) is 0 Å². The Morgan fingerprint density at radius 3 is 3.00 bits per heavy atom. The third-order valence-electron chi connectivity index (χ3n) is 3.99. The number of carbonyl (C=O) groups excluding carboxylic acids is 1. The maximum Gasteiger partial charge on any atom is 0.268 e. The van der Waals surface area contributed by atoms with Crippen LogP contribution < -0.4 is 16.4 Å². The van der Waals surface area contributed by atoms with Crippen LogP contribution in [-0.4, -0.2) is 33.8 Å². The summed E-state index contributed by atoms with van der Waals surface area (Å²) in [5.74, 6) is -0.299. The average Bonchev–Trinajstić information content (AvgIpc) is 3.31. The summed E-state index contributed by atoms with van der Waals surface area (Å²) in [4.78, 5) is 19.7. The Bertz CT molecular complexity index is 704. The molecule has 3 rings (SSSR count). The van der Waals surface area contributed by atoms with E-state index >= 15 is 0 Å². The van der Waals surface area contributed by atoms with Gasteiger partial charge in [0.1, 0.15) is 10.7 Å². The van der Waals surface area contributed by atoms with Crippen LogP contribution in [0.3, 0.4) is 0 Å². The smallest absolute Gasteiger partial charge is 0.268 e. The number of H-pyrrole nitrogens is 1. The third kappa shape index (κ3) is 3.64. The second kappa shape index (κ2) is 7.39. The number of halogens is 1. The number of aliphatic hydroxyl groups is 1. The topological polar surface area (TPSA) is 116 Å². The second-order valence-corrected chi connectivity index (χ2v) is 6.58. The summed E-state index contributed by atoms with van der Waals surface area (Å²) in [6, 6.07) is 2.94. The van der Waals surface area contributed by atoms with E-state index in [1.54, 1.807) is 17.5 Å². The fourth-order valence-corrected chi connectivity index (χ4v) is 3.58. The van der Waals surface area contributed by atoms with Crippen molar-refractivity contribution in [3.8, 4) is 0 Å². The van der Waals surface area contributed by atoms with Gasteiger partial charge in [0.15, 0.2) is 6.30 Å². The van der Waals surface area contributed by atoms with E-state index in [0.717, 1.165) is 5.69 Å². The Morgan fingerprint density at radius 2 is 2.38 bits per heavy atom. The monoisotopic (exact) mass is 353 g/mol. The largest absolute Gasteiger partial charge is 0.390 e. The summed E-state index contributed by atoms with van der Waals surface area (Å²) in [6.45, 7) is 0.0527. The predicted molar refractivity (Wildman–Crippen MR) is 88.1 cm³/mol. The molecule has 7 nitrogen and oxygen atoms in total. The normalized spacial score (nSPS) is 21.8. The Balaban J connectivity index is 1.66. The van der Waals surface area contributed by atoms with E-state index in [2.05, 4.69) is 20.6 Å². The molecule has 0 aliphatic carbocycles. The van der Waals surface area contributed by atoms with Crippen LogP contribution in [0.25, 0.3) is 0 Å². The van der Waals surface area contributed by atoms with Crippen molar-refractivity contribution in [3.05, 3.63) is 39.6 Å². The van der Waals surface area contributed by atoms with Crippen LogP contribution in [0.15, 0.2) is 17.5 Å². The molecule has 2 aromatic rings. The minimum Gasteiger partial charge on any atom is -0.390 e. The van der Waals surface area contributed by atoms with E-state index in [9.17, 15) is 9.18 Å². The lowest BCUT2D eigenvalue weighted by Crippen LogP contribution is -2.33. The lowest BCUT2D eigenvalue weighted by Gasteiger charge is -2.14. The highest BCUT2D eigenvalue weighted by Gasteiger charge is 2.26. The minimum absolute atomic E-state index is 0.0991. The van der Waals surface area contributed by atoms with Crippen LogP contribution in [-0.2, 0) is 6.61 Å². The molecule has 0 saturated carbocycles. The molecule has 24 heavy (non-hydrogen) atoms. The van der Waals surface area contributed by atoms with Gasteiger partial charge in [-0.05, 0) is 25.0 Å². The quantitative estimate of drug-likeness (QED) is 0.499. The predicted octanol–water partition coefficient (Wildman–Crippen LogP) is 1.11. The molecule has 3 heterocycles. The molecule has 2 aromatic heterocycles. The van der Waals surface area contributed by atoms with Crippen molar-refractivity contribution in [1.82, 2.24) is 20.6 Å². The number of thiazole rings is 1. The van der Waals surface area contributed by atoms with Crippen molar-refractivity contribution >= 4 is 17.2 Å². The Labute approximate surface area is 142 Å². The second-order valence-electron chi connectivity index (χ2n) is 5.69. The Kier molecular flexibility index (Phi) is 5.24. The van der Waals surface area contributed by atoms with E-state index in [-0.39, 0.29) is 25.1 Å². The zero-order valence-corrected chi connectivity index (χ0v) is 13.8. The maximum absolute atomic E-state index is 13.2. The number of aromatic amines is 1. The SMILES string of the molecule is NCC(NC(=O)c1ccc(C2CCC(F)N2)[nH]1)c1nc(CO)cs1. The molecule has 1 aliphatic heterocycles. The van der Waals surface area contributed by atoms with Gasteiger partial charge in [-0.25, -0.2) is 9.37 Å². The van der Waals surface area contributed by atoms with Gasteiger partial charge in [-0.3, -0.25) is 10.1 Å². The molecule has 0 aromatic carbocycles. The van der Waals surface area contributed by atoms with Gasteiger partial charge in [0.05, 0.1) is 18.3 Å². The maximum atomic E-state index is 13.2. The first-order valence-corrected chi connectivity index (χ1v) is 8.63. The van der Waals surface area contributed by atoms with E-state index < -0.39 is 12.3 Å². The number of hydrogen-bond acceptors (Lipinski definition) is 6. The number of carbonyl (C=O) groups is 1. The van der Waals surface area contributed by atoms with Crippen molar-refractivity contribution in [2.45, 2.75) is 37.8 Å². The molecule has 3 atom stereocenters. The molecule has 3 unspecified atom stereocenters. The van der Waals surface area contributed by atoms with Crippen LogP contribution in [0.1, 0.15) is 51.8 Å². The fourth-order valence-electron chi connectivity index (χ4n) is 2.70. The molecule has 1 saturated heterocycles. The van der Waals surface area contributed by atoms with Crippen LogP contribution in [0.4, 0.5) is 4.39 Å². The van der Waals surface area contributed by atoms with Crippen molar-refractivity contribution < 1.29 is 14.3 Å². The van der Waals surface area contributed by atoms with Gasteiger partial charge in [0.25, 0.3) is 5.91 Å². The molecule has 0 radical (unpaired) electrons. The summed E-state index contributed by atoms with van der Waals surface area (Å²) in [5, 5.41) is 17.1. The van der Waals surface area contributed by atoms with Gasteiger partial charge in [-0.15, -0.1) is 11.3 Å². The van der Waals surface area contributed by atoms with E-state index in [0.29, 0.717) is 29.2 Å². The summed E-state index contributed by atoms with van der Waals surface area (Å²) in [5.41, 5.74) is 7.47. The number of hydrogen-bond donors (Lipinski definition) is 5. The number of aromatic nitrogens is 2. The zero-order chi connectivity index (χ0) is 17.1. The number of amides is 1. The van der Waals surface area contributed by atoms with Gasteiger partial charge in [0, 0.05) is 23.7 Å². The van der Waals surface area contributed by atoms with Crippen molar-refractivity contribution in [2.24, 2.45) is 5.73 Å². The van der Waals surface area contributed by atoms with Crippen molar-refractivity contribution in [1.29, 1.82) is 0 Å². The van der Waals surface area contributed by atoms with Crippen LogP contribution >= 0.6 is 11.3 Å². The number of aliphatic hydroxyl groups excluding tert-OH is 1. The highest BCUT2D eigenvalue weighted by molar-refractivity contribution is 7.09. The fraction of sp³-hybridized carbons (Fsp3) is 0.467. The third-order valence-corrected chi connectivity index (χ3v) is 5.00. The summed E-state index contributed by atoms with van der Waals surface area (Å²) >= 11 is 1.34. The highest BCUT2D eigenvalue weighted by atomic mass is 32.1. The first kappa shape index (κ1) is 17.0. The molecule has 130 valence electrons. The highest BCUT2D eigenvalue weighted by Crippen LogP contribution is 2.26. The summed E-state index contributed by atoms with van der Waals surface area (Å²) in [7, 11) is 0. The number of nitrogens with one attached hydrogen (secondary N) is 3. The zero-order valence-electron chi connectivity index (χ0n) is 13.0. The lowest BCUT2D eigenvalue weighted by atomic mass is 10.2. The molecule has 1 fully saturated rings. The van der Waals surface area contributed by atoms with Crippen LogP contribution in [0.2, 0.25) is 0 Å². The van der Waals surface area contributed by atoms with Crippen LogP contribution in [0, 0.1) is 0 Å². The molecule has 1 aliphatic rings. The molecule has 9 heteroatoms. The molecule has 0 spiro atoms. The van der Waals surface area contributed by atoms with E-state index in [4.69, 9.17) is 10.8 Å². The minimum atomic E-state index is -0.997. The van der Waals surface area contributed by atoms with Gasteiger partial charge in [-0.2, -0.15) is 0 Å².